The lowest BCUT2D eigenvalue weighted by Crippen LogP contribution is -3.08. The second-order valence-electron chi connectivity index (χ2n) is 4.97. The molecular weight excluding hydrogens is 274 g/mol. The van der Waals surface area contributed by atoms with Crippen LogP contribution < -0.4 is 10.2 Å². The fourth-order valence-electron chi connectivity index (χ4n) is 2.07. The Morgan fingerprint density at radius 1 is 1.14 bits per heavy atom. The SMILES string of the molecule is C[NH+](CC(=O)Nc1ccc(F)cc1F)Cc1ccccc1. The van der Waals surface area contributed by atoms with Gasteiger partial charge in [-0.3, -0.25) is 4.79 Å². The highest BCUT2D eigenvalue weighted by Crippen LogP contribution is 2.14. The molecule has 21 heavy (non-hydrogen) atoms. The Morgan fingerprint density at radius 3 is 2.52 bits per heavy atom. The van der Waals surface area contributed by atoms with Crippen molar-refractivity contribution >= 4 is 11.6 Å². The van der Waals surface area contributed by atoms with Gasteiger partial charge in [0.2, 0.25) is 0 Å². The number of anilines is 1. The van der Waals surface area contributed by atoms with Crippen molar-refractivity contribution in [1.82, 2.24) is 0 Å². The molecule has 0 saturated heterocycles. The minimum Gasteiger partial charge on any atom is -0.326 e. The minimum absolute atomic E-state index is 0.00564. The van der Waals surface area contributed by atoms with E-state index in [1.54, 1.807) is 0 Å². The van der Waals surface area contributed by atoms with Gasteiger partial charge in [-0.15, -0.1) is 0 Å². The van der Waals surface area contributed by atoms with E-state index >= 15 is 0 Å². The summed E-state index contributed by atoms with van der Waals surface area (Å²) in [4.78, 5) is 12.8. The standard InChI is InChI=1S/C16H16F2N2O/c1-20(10-12-5-3-2-4-6-12)11-16(21)19-15-8-7-13(17)9-14(15)18/h2-9H,10-11H2,1H3,(H,19,21)/p+1. The average Bonchev–Trinajstić information content (AvgIpc) is 2.43. The molecule has 2 aromatic carbocycles. The molecule has 0 aromatic heterocycles. The van der Waals surface area contributed by atoms with Gasteiger partial charge in [0.1, 0.15) is 18.2 Å². The first-order valence-electron chi connectivity index (χ1n) is 6.65. The Bertz CT molecular complexity index is 617. The van der Waals surface area contributed by atoms with Crippen LogP contribution in [0.15, 0.2) is 48.5 Å². The van der Waals surface area contributed by atoms with E-state index in [0.29, 0.717) is 6.54 Å². The third-order valence-electron chi connectivity index (χ3n) is 3.02. The Kier molecular flexibility index (Phi) is 5.00. The molecule has 5 heteroatoms. The van der Waals surface area contributed by atoms with Gasteiger partial charge in [0.25, 0.3) is 5.91 Å². The van der Waals surface area contributed by atoms with E-state index in [1.807, 2.05) is 37.4 Å². The molecule has 3 nitrogen and oxygen atoms in total. The van der Waals surface area contributed by atoms with Crippen molar-refractivity contribution in [2.45, 2.75) is 6.54 Å². The Balaban J connectivity index is 1.89. The summed E-state index contributed by atoms with van der Waals surface area (Å²) in [6.07, 6.45) is 0. The topological polar surface area (TPSA) is 33.5 Å². The quantitative estimate of drug-likeness (QED) is 0.862. The van der Waals surface area contributed by atoms with Crippen LogP contribution in [0.3, 0.4) is 0 Å². The van der Waals surface area contributed by atoms with Crippen LogP contribution in [0.25, 0.3) is 0 Å². The van der Waals surface area contributed by atoms with E-state index in [2.05, 4.69) is 5.32 Å². The Hall–Kier alpha value is -2.27. The molecule has 2 rings (SSSR count). The molecule has 0 fully saturated rings. The molecule has 0 aliphatic rings. The van der Waals surface area contributed by atoms with Crippen LogP contribution in [0.5, 0.6) is 0 Å². The van der Waals surface area contributed by atoms with Crippen LogP contribution in [-0.4, -0.2) is 19.5 Å². The molecule has 2 N–H and O–H groups in total. The lowest BCUT2D eigenvalue weighted by Gasteiger charge is -2.14. The number of rotatable bonds is 5. The fourth-order valence-corrected chi connectivity index (χ4v) is 2.07. The molecule has 0 radical (unpaired) electrons. The van der Waals surface area contributed by atoms with Crippen molar-refractivity contribution in [2.24, 2.45) is 0 Å². The van der Waals surface area contributed by atoms with E-state index in [9.17, 15) is 13.6 Å². The highest BCUT2D eigenvalue weighted by Gasteiger charge is 2.13. The van der Waals surface area contributed by atoms with E-state index in [4.69, 9.17) is 0 Å². The predicted molar refractivity (Wildman–Crippen MR) is 76.9 cm³/mol. The zero-order valence-electron chi connectivity index (χ0n) is 11.7. The second-order valence-corrected chi connectivity index (χ2v) is 4.97. The van der Waals surface area contributed by atoms with E-state index in [0.717, 1.165) is 22.6 Å². The largest absolute Gasteiger partial charge is 0.326 e. The molecule has 0 heterocycles. The van der Waals surface area contributed by atoms with E-state index in [1.165, 1.54) is 6.07 Å². The molecule has 0 aliphatic heterocycles. The van der Waals surface area contributed by atoms with Gasteiger partial charge in [-0.1, -0.05) is 30.3 Å². The number of quaternary nitrogens is 1. The second kappa shape index (κ2) is 6.95. The number of carbonyl (C=O) groups excluding carboxylic acids is 1. The summed E-state index contributed by atoms with van der Waals surface area (Å²) in [7, 11) is 1.88. The summed E-state index contributed by atoms with van der Waals surface area (Å²) in [5, 5.41) is 2.45. The number of likely N-dealkylation sites (N-methyl/N-ethyl adjacent to an activating group) is 1. The molecule has 2 aromatic rings. The molecular formula is C16H17F2N2O+. The number of halogens is 2. The van der Waals surface area contributed by atoms with Gasteiger partial charge in [0.15, 0.2) is 6.54 Å². The molecule has 0 bridgehead atoms. The molecule has 0 spiro atoms. The van der Waals surface area contributed by atoms with Crippen LogP contribution in [-0.2, 0) is 11.3 Å². The zero-order valence-corrected chi connectivity index (χ0v) is 11.7. The maximum Gasteiger partial charge on any atom is 0.279 e. The normalized spacial score (nSPS) is 12.0. The van der Waals surface area contributed by atoms with Crippen molar-refractivity contribution in [3.8, 4) is 0 Å². The third-order valence-corrected chi connectivity index (χ3v) is 3.02. The van der Waals surface area contributed by atoms with Crippen molar-refractivity contribution in [2.75, 3.05) is 18.9 Å². The smallest absolute Gasteiger partial charge is 0.279 e. The maximum absolute atomic E-state index is 13.4. The van der Waals surface area contributed by atoms with Crippen LogP contribution in [0.4, 0.5) is 14.5 Å². The van der Waals surface area contributed by atoms with Gasteiger partial charge in [-0.25, -0.2) is 8.78 Å². The molecule has 0 saturated carbocycles. The summed E-state index contributed by atoms with van der Waals surface area (Å²) in [6.45, 7) is 0.895. The number of benzene rings is 2. The maximum atomic E-state index is 13.4. The van der Waals surface area contributed by atoms with E-state index < -0.39 is 11.6 Å². The lowest BCUT2D eigenvalue weighted by molar-refractivity contribution is -0.885. The van der Waals surface area contributed by atoms with Crippen LogP contribution in [0, 0.1) is 11.6 Å². The van der Waals surface area contributed by atoms with Crippen molar-refractivity contribution in [3.63, 3.8) is 0 Å². The molecule has 1 atom stereocenters. The number of carbonyl (C=O) groups is 1. The average molecular weight is 291 g/mol. The Morgan fingerprint density at radius 2 is 1.86 bits per heavy atom. The highest BCUT2D eigenvalue weighted by molar-refractivity contribution is 5.91. The van der Waals surface area contributed by atoms with Crippen molar-refractivity contribution < 1.29 is 18.5 Å². The third kappa shape index (κ3) is 4.65. The van der Waals surface area contributed by atoms with Crippen molar-refractivity contribution in [3.05, 3.63) is 65.7 Å². The van der Waals surface area contributed by atoms with Crippen LogP contribution >= 0.6 is 0 Å². The molecule has 1 amide bonds. The van der Waals surface area contributed by atoms with Crippen LogP contribution in [0.2, 0.25) is 0 Å². The molecule has 0 aliphatic carbocycles. The number of hydrogen-bond acceptors (Lipinski definition) is 1. The molecule has 1 unspecified atom stereocenters. The highest BCUT2D eigenvalue weighted by atomic mass is 19.1. The first-order valence-corrected chi connectivity index (χ1v) is 6.65. The lowest BCUT2D eigenvalue weighted by atomic mass is 10.2. The number of nitrogens with one attached hydrogen (secondary N) is 2. The van der Waals surface area contributed by atoms with Gasteiger partial charge >= 0.3 is 0 Å². The minimum atomic E-state index is -0.774. The number of hydrogen-bond donors (Lipinski definition) is 2. The molecule has 110 valence electrons. The first kappa shape index (κ1) is 15.1. The van der Waals surface area contributed by atoms with Crippen molar-refractivity contribution in [1.29, 1.82) is 0 Å². The zero-order chi connectivity index (χ0) is 15.2. The number of amides is 1. The Labute approximate surface area is 122 Å². The predicted octanol–water partition coefficient (Wildman–Crippen LogP) is 1.62. The summed E-state index contributed by atoms with van der Waals surface area (Å²) in [5.41, 5.74) is 1.12. The summed E-state index contributed by atoms with van der Waals surface area (Å²) >= 11 is 0. The van der Waals surface area contributed by atoms with Gasteiger partial charge < -0.3 is 10.2 Å². The monoisotopic (exact) mass is 291 g/mol. The van der Waals surface area contributed by atoms with Gasteiger partial charge in [0, 0.05) is 11.6 Å². The van der Waals surface area contributed by atoms with E-state index in [-0.39, 0.29) is 18.1 Å². The first-order chi connectivity index (χ1) is 10.0. The van der Waals surface area contributed by atoms with Gasteiger partial charge in [-0.05, 0) is 12.1 Å². The summed E-state index contributed by atoms with van der Waals surface area (Å²) in [5.74, 6) is -1.75. The van der Waals surface area contributed by atoms with Crippen LogP contribution in [0.1, 0.15) is 5.56 Å². The van der Waals surface area contributed by atoms with Gasteiger partial charge in [0.05, 0.1) is 12.7 Å². The fraction of sp³-hybridized carbons (Fsp3) is 0.188. The van der Waals surface area contributed by atoms with Gasteiger partial charge in [-0.2, -0.15) is 0 Å². The summed E-state index contributed by atoms with van der Waals surface area (Å²) < 4.78 is 26.2. The summed E-state index contributed by atoms with van der Waals surface area (Å²) in [6, 6.07) is 12.9.